The van der Waals surface area contributed by atoms with Crippen LogP contribution >= 0.6 is 11.3 Å². The van der Waals surface area contributed by atoms with E-state index in [1.807, 2.05) is 49.6 Å². The number of amides is 2. The van der Waals surface area contributed by atoms with Crippen molar-refractivity contribution in [3.05, 3.63) is 58.6 Å². The lowest BCUT2D eigenvalue weighted by Crippen LogP contribution is -2.44. The number of benzene rings is 1. The van der Waals surface area contributed by atoms with Crippen molar-refractivity contribution in [2.24, 2.45) is 0 Å². The average Bonchev–Trinajstić information content (AvgIpc) is 3.31. The molecule has 3 aromatic rings. The van der Waals surface area contributed by atoms with Crippen molar-refractivity contribution in [3.63, 3.8) is 0 Å². The molecule has 2 amide bonds. The fraction of sp³-hybridized carbons (Fsp3) is 0.167. The van der Waals surface area contributed by atoms with Crippen LogP contribution in [0, 0.1) is 13.8 Å². The molecule has 7 nitrogen and oxygen atoms in total. The number of thiophene rings is 1. The smallest absolute Gasteiger partial charge is 0.290 e. The van der Waals surface area contributed by atoms with Gasteiger partial charge in [0.05, 0.1) is 10.6 Å². The zero-order valence-electron chi connectivity index (χ0n) is 14.3. The fourth-order valence-electron chi connectivity index (χ4n) is 2.23. The Bertz CT molecular complexity index is 918. The molecule has 0 aliphatic rings. The number of nitrogens with zero attached hydrogens (tertiary/aromatic N) is 1. The number of rotatable bonds is 5. The lowest BCUT2D eigenvalue weighted by molar-refractivity contribution is -0.123. The topological polar surface area (TPSA) is 96.1 Å². The number of ether oxygens (including phenoxy) is 1. The maximum atomic E-state index is 12.1. The van der Waals surface area contributed by atoms with Gasteiger partial charge in [-0.2, -0.15) is 5.10 Å². The highest BCUT2D eigenvalue weighted by molar-refractivity contribution is 7.13. The number of aromatic amines is 1. The monoisotopic (exact) mass is 370 g/mol. The molecule has 0 aliphatic heterocycles. The van der Waals surface area contributed by atoms with Gasteiger partial charge in [0.15, 0.2) is 12.3 Å². The Kier molecular flexibility index (Phi) is 5.33. The number of carbonyl (C=O) groups is 2. The Morgan fingerprint density at radius 1 is 1.19 bits per heavy atom. The zero-order chi connectivity index (χ0) is 18.5. The summed E-state index contributed by atoms with van der Waals surface area (Å²) in [5, 5.41) is 8.69. The number of nitrogens with one attached hydrogen (secondary N) is 3. The van der Waals surface area contributed by atoms with E-state index in [9.17, 15) is 9.59 Å². The van der Waals surface area contributed by atoms with Crippen LogP contribution in [0.1, 0.15) is 21.6 Å². The van der Waals surface area contributed by atoms with E-state index in [1.54, 1.807) is 6.07 Å². The van der Waals surface area contributed by atoms with Crippen LogP contribution in [0.4, 0.5) is 0 Å². The van der Waals surface area contributed by atoms with Crippen molar-refractivity contribution in [2.75, 3.05) is 6.61 Å². The standard InChI is InChI=1S/C18H18N4O3S/c1-11-5-6-12(2)15(8-11)25-10-17(23)21-22-18(24)14-9-13(19-20-14)16-4-3-7-26-16/h3-9H,10H2,1-2H3,(H,19,20)(H,21,23)(H,22,24). The van der Waals surface area contributed by atoms with E-state index in [1.165, 1.54) is 11.3 Å². The van der Waals surface area contributed by atoms with Gasteiger partial charge in [0.25, 0.3) is 11.8 Å². The minimum Gasteiger partial charge on any atom is -0.483 e. The molecule has 0 saturated carbocycles. The van der Waals surface area contributed by atoms with Crippen LogP contribution in [0.2, 0.25) is 0 Å². The molecular weight excluding hydrogens is 352 g/mol. The first-order valence-corrected chi connectivity index (χ1v) is 8.79. The van der Waals surface area contributed by atoms with Crippen LogP contribution in [0.25, 0.3) is 10.6 Å². The van der Waals surface area contributed by atoms with Gasteiger partial charge in [0.2, 0.25) is 0 Å². The van der Waals surface area contributed by atoms with Crippen molar-refractivity contribution in [1.29, 1.82) is 0 Å². The third-order valence-corrected chi connectivity index (χ3v) is 4.52. The Labute approximate surface area is 154 Å². The minimum absolute atomic E-state index is 0.184. The Balaban J connectivity index is 1.50. The molecule has 0 spiro atoms. The van der Waals surface area contributed by atoms with Gasteiger partial charge in [-0.3, -0.25) is 25.5 Å². The number of carbonyl (C=O) groups excluding carboxylic acids is 2. The van der Waals surface area contributed by atoms with E-state index >= 15 is 0 Å². The first-order chi connectivity index (χ1) is 12.5. The van der Waals surface area contributed by atoms with E-state index in [2.05, 4.69) is 21.0 Å². The summed E-state index contributed by atoms with van der Waals surface area (Å²) in [6, 6.07) is 11.2. The van der Waals surface area contributed by atoms with Crippen LogP contribution in [-0.2, 0) is 4.79 Å². The molecule has 26 heavy (non-hydrogen) atoms. The summed E-state index contributed by atoms with van der Waals surface area (Å²) in [4.78, 5) is 24.9. The predicted molar refractivity (Wildman–Crippen MR) is 98.9 cm³/mol. The Morgan fingerprint density at radius 3 is 2.81 bits per heavy atom. The second-order valence-corrected chi connectivity index (χ2v) is 6.65. The van der Waals surface area contributed by atoms with Gasteiger partial charge >= 0.3 is 0 Å². The van der Waals surface area contributed by atoms with E-state index in [-0.39, 0.29) is 12.3 Å². The molecule has 0 unspecified atom stereocenters. The van der Waals surface area contributed by atoms with Crippen LogP contribution in [0.3, 0.4) is 0 Å². The summed E-state index contributed by atoms with van der Waals surface area (Å²) in [5.41, 5.74) is 7.54. The van der Waals surface area contributed by atoms with E-state index < -0.39 is 11.8 Å². The van der Waals surface area contributed by atoms with E-state index in [4.69, 9.17) is 4.74 Å². The van der Waals surface area contributed by atoms with Crippen LogP contribution < -0.4 is 15.6 Å². The van der Waals surface area contributed by atoms with Crippen LogP contribution in [-0.4, -0.2) is 28.6 Å². The van der Waals surface area contributed by atoms with E-state index in [0.29, 0.717) is 5.75 Å². The second-order valence-electron chi connectivity index (χ2n) is 5.70. The van der Waals surface area contributed by atoms with Gasteiger partial charge < -0.3 is 4.74 Å². The highest BCUT2D eigenvalue weighted by atomic mass is 32.1. The summed E-state index contributed by atoms with van der Waals surface area (Å²) in [5.74, 6) is -0.336. The third kappa shape index (κ3) is 4.28. The molecule has 0 aliphatic carbocycles. The summed E-state index contributed by atoms with van der Waals surface area (Å²) in [7, 11) is 0. The van der Waals surface area contributed by atoms with E-state index in [0.717, 1.165) is 21.7 Å². The largest absolute Gasteiger partial charge is 0.483 e. The van der Waals surface area contributed by atoms with Gasteiger partial charge in [0.1, 0.15) is 5.75 Å². The SMILES string of the molecule is Cc1ccc(C)c(OCC(=O)NNC(=O)c2cc(-c3cccs3)[nH]n2)c1. The van der Waals surface area contributed by atoms with Crippen LogP contribution in [0.5, 0.6) is 5.75 Å². The van der Waals surface area contributed by atoms with Crippen molar-refractivity contribution in [2.45, 2.75) is 13.8 Å². The van der Waals surface area contributed by atoms with Gasteiger partial charge in [-0.05, 0) is 48.6 Å². The molecule has 0 saturated heterocycles. The number of hydrogen-bond donors (Lipinski definition) is 3. The van der Waals surface area contributed by atoms with Crippen molar-refractivity contribution >= 4 is 23.2 Å². The molecule has 0 bridgehead atoms. The quantitative estimate of drug-likeness (QED) is 0.602. The molecule has 2 aromatic heterocycles. The van der Waals surface area contributed by atoms with Crippen molar-refractivity contribution < 1.29 is 14.3 Å². The van der Waals surface area contributed by atoms with Crippen molar-refractivity contribution in [1.82, 2.24) is 21.0 Å². The van der Waals surface area contributed by atoms with Gasteiger partial charge in [-0.15, -0.1) is 11.3 Å². The predicted octanol–water partition coefficient (Wildman–Crippen LogP) is 2.60. The number of aryl methyl sites for hydroxylation is 2. The molecule has 1 aromatic carbocycles. The highest BCUT2D eigenvalue weighted by Gasteiger charge is 2.13. The Morgan fingerprint density at radius 2 is 2.04 bits per heavy atom. The molecule has 0 atom stereocenters. The van der Waals surface area contributed by atoms with Crippen molar-refractivity contribution in [3.8, 4) is 16.3 Å². The maximum Gasteiger partial charge on any atom is 0.290 e. The fourth-order valence-corrected chi connectivity index (χ4v) is 2.92. The molecule has 3 rings (SSSR count). The highest BCUT2D eigenvalue weighted by Crippen LogP contribution is 2.22. The first-order valence-electron chi connectivity index (χ1n) is 7.91. The minimum atomic E-state index is -0.510. The molecule has 134 valence electrons. The molecule has 0 fully saturated rings. The maximum absolute atomic E-state index is 12.1. The summed E-state index contributed by atoms with van der Waals surface area (Å²) in [6.45, 7) is 3.64. The molecule has 3 N–H and O–H groups in total. The normalized spacial score (nSPS) is 10.4. The van der Waals surface area contributed by atoms with Gasteiger partial charge in [-0.25, -0.2) is 0 Å². The molecule has 0 radical (unpaired) electrons. The summed E-state index contributed by atoms with van der Waals surface area (Å²) < 4.78 is 5.49. The lowest BCUT2D eigenvalue weighted by Gasteiger charge is -2.10. The molecule has 2 heterocycles. The van der Waals surface area contributed by atoms with Gasteiger partial charge in [-0.1, -0.05) is 18.2 Å². The average molecular weight is 370 g/mol. The number of H-pyrrole nitrogens is 1. The number of aromatic nitrogens is 2. The number of hydrazine groups is 1. The zero-order valence-corrected chi connectivity index (χ0v) is 15.1. The lowest BCUT2D eigenvalue weighted by atomic mass is 10.1. The summed E-state index contributed by atoms with van der Waals surface area (Å²) >= 11 is 1.54. The van der Waals surface area contributed by atoms with Gasteiger partial charge in [0, 0.05) is 0 Å². The number of hydrogen-bond acceptors (Lipinski definition) is 5. The Hall–Kier alpha value is -3.13. The second kappa shape index (κ2) is 7.83. The van der Waals surface area contributed by atoms with Crippen LogP contribution in [0.15, 0.2) is 41.8 Å². The first kappa shape index (κ1) is 17.7. The summed E-state index contributed by atoms with van der Waals surface area (Å²) in [6.07, 6.45) is 0. The third-order valence-electron chi connectivity index (χ3n) is 3.61. The molecular formula is C18H18N4O3S. The molecule has 8 heteroatoms.